The minimum Gasteiger partial charge on any atom is -0.375 e. The monoisotopic (exact) mass is 274 g/mol. The Kier molecular flexibility index (Phi) is 3.98. The van der Waals surface area contributed by atoms with E-state index in [-0.39, 0.29) is 11.5 Å². The van der Waals surface area contributed by atoms with E-state index in [1.165, 1.54) is 12.1 Å². The average Bonchev–Trinajstić information content (AvgIpc) is 2.39. The molecule has 2 aromatic carbocycles. The zero-order valence-corrected chi connectivity index (χ0v) is 11.3. The molecule has 0 saturated heterocycles. The van der Waals surface area contributed by atoms with Crippen molar-refractivity contribution in [3.05, 3.63) is 69.0 Å². The summed E-state index contributed by atoms with van der Waals surface area (Å²) in [4.78, 5) is 10.6. The number of halogens is 1. The van der Waals surface area contributed by atoms with Crippen LogP contribution in [-0.4, -0.2) is 4.92 Å². The van der Waals surface area contributed by atoms with Crippen LogP contribution in [0.2, 0.25) is 0 Å². The van der Waals surface area contributed by atoms with Gasteiger partial charge in [0.1, 0.15) is 11.5 Å². The largest absolute Gasteiger partial charge is 0.375 e. The maximum absolute atomic E-state index is 13.1. The van der Waals surface area contributed by atoms with Gasteiger partial charge in [0.2, 0.25) is 0 Å². The number of nitrogens with one attached hydrogen (secondary N) is 1. The first-order valence-electron chi connectivity index (χ1n) is 6.21. The first-order valence-corrected chi connectivity index (χ1v) is 6.21. The number of rotatable bonds is 4. The Morgan fingerprint density at radius 3 is 2.55 bits per heavy atom. The van der Waals surface area contributed by atoms with Crippen molar-refractivity contribution in [3.63, 3.8) is 0 Å². The Balaban J connectivity index is 2.24. The Hall–Kier alpha value is -2.43. The normalized spacial score (nSPS) is 10.3. The van der Waals surface area contributed by atoms with Crippen LogP contribution in [0.5, 0.6) is 0 Å². The molecule has 104 valence electrons. The van der Waals surface area contributed by atoms with E-state index in [2.05, 4.69) is 5.32 Å². The maximum atomic E-state index is 13.1. The van der Waals surface area contributed by atoms with Crippen molar-refractivity contribution in [2.75, 3.05) is 5.32 Å². The standard InChI is InChI=1S/C15H15FN2O2/c1-10-6-14(15(18(19)20)7-11(10)2)17-9-12-4-3-5-13(16)8-12/h3-8,17H,9H2,1-2H3. The van der Waals surface area contributed by atoms with Gasteiger partial charge in [-0.05, 0) is 48.7 Å². The van der Waals surface area contributed by atoms with Gasteiger partial charge in [0.15, 0.2) is 0 Å². The summed E-state index contributed by atoms with van der Waals surface area (Å²) < 4.78 is 13.1. The quantitative estimate of drug-likeness (QED) is 0.678. The van der Waals surface area contributed by atoms with Crippen LogP contribution in [0.15, 0.2) is 36.4 Å². The number of nitro groups is 1. The molecule has 0 aliphatic heterocycles. The molecular weight excluding hydrogens is 259 g/mol. The highest BCUT2D eigenvalue weighted by Gasteiger charge is 2.15. The van der Waals surface area contributed by atoms with Crippen molar-refractivity contribution >= 4 is 11.4 Å². The zero-order valence-electron chi connectivity index (χ0n) is 11.3. The van der Waals surface area contributed by atoms with Gasteiger partial charge in [-0.15, -0.1) is 0 Å². The Labute approximate surface area is 116 Å². The van der Waals surface area contributed by atoms with Gasteiger partial charge in [-0.1, -0.05) is 12.1 Å². The second-order valence-corrected chi connectivity index (χ2v) is 4.69. The molecule has 0 aliphatic rings. The van der Waals surface area contributed by atoms with Crippen molar-refractivity contribution in [2.24, 2.45) is 0 Å². The molecule has 0 heterocycles. The van der Waals surface area contributed by atoms with Crippen LogP contribution in [0.1, 0.15) is 16.7 Å². The van der Waals surface area contributed by atoms with Gasteiger partial charge < -0.3 is 5.32 Å². The van der Waals surface area contributed by atoms with E-state index in [1.807, 2.05) is 13.8 Å². The third-order valence-electron chi connectivity index (χ3n) is 3.18. The van der Waals surface area contributed by atoms with E-state index in [4.69, 9.17) is 0 Å². The van der Waals surface area contributed by atoms with Gasteiger partial charge in [-0.25, -0.2) is 4.39 Å². The Morgan fingerprint density at radius 2 is 1.90 bits per heavy atom. The van der Waals surface area contributed by atoms with E-state index < -0.39 is 4.92 Å². The summed E-state index contributed by atoms with van der Waals surface area (Å²) in [6.45, 7) is 4.06. The van der Waals surface area contributed by atoms with Crippen LogP contribution >= 0.6 is 0 Å². The van der Waals surface area contributed by atoms with E-state index in [9.17, 15) is 14.5 Å². The summed E-state index contributed by atoms with van der Waals surface area (Å²) in [5.74, 6) is -0.320. The fraction of sp³-hybridized carbons (Fsp3) is 0.200. The maximum Gasteiger partial charge on any atom is 0.292 e. The highest BCUT2D eigenvalue weighted by molar-refractivity contribution is 5.64. The second kappa shape index (κ2) is 5.69. The minimum absolute atomic E-state index is 0.0319. The second-order valence-electron chi connectivity index (χ2n) is 4.69. The SMILES string of the molecule is Cc1cc(NCc2cccc(F)c2)c([N+](=O)[O-])cc1C. The summed E-state index contributed by atoms with van der Waals surface area (Å²) in [6, 6.07) is 9.43. The molecule has 0 aromatic heterocycles. The number of hydrogen-bond donors (Lipinski definition) is 1. The van der Waals surface area contributed by atoms with E-state index >= 15 is 0 Å². The van der Waals surface area contributed by atoms with Crippen LogP contribution < -0.4 is 5.32 Å². The Morgan fingerprint density at radius 1 is 1.20 bits per heavy atom. The van der Waals surface area contributed by atoms with E-state index in [1.54, 1.807) is 24.3 Å². The van der Waals surface area contributed by atoms with Crippen LogP contribution in [0, 0.1) is 29.8 Å². The van der Waals surface area contributed by atoms with Crippen molar-refractivity contribution < 1.29 is 9.31 Å². The van der Waals surface area contributed by atoms with Gasteiger partial charge >= 0.3 is 0 Å². The topological polar surface area (TPSA) is 55.2 Å². The third kappa shape index (κ3) is 3.12. The molecule has 0 unspecified atom stereocenters. The lowest BCUT2D eigenvalue weighted by Gasteiger charge is -2.10. The summed E-state index contributed by atoms with van der Waals surface area (Å²) in [5, 5.41) is 14.1. The van der Waals surface area contributed by atoms with E-state index in [0.717, 1.165) is 16.7 Å². The fourth-order valence-corrected chi connectivity index (χ4v) is 1.94. The van der Waals surface area contributed by atoms with Crippen molar-refractivity contribution in [3.8, 4) is 0 Å². The molecule has 4 nitrogen and oxygen atoms in total. The van der Waals surface area contributed by atoms with Crippen LogP contribution in [0.4, 0.5) is 15.8 Å². The number of nitrogens with zero attached hydrogens (tertiary/aromatic N) is 1. The molecule has 20 heavy (non-hydrogen) atoms. The van der Waals surface area contributed by atoms with E-state index in [0.29, 0.717) is 12.2 Å². The van der Waals surface area contributed by atoms with Crippen LogP contribution in [-0.2, 0) is 6.54 Å². The fourth-order valence-electron chi connectivity index (χ4n) is 1.94. The molecule has 5 heteroatoms. The van der Waals surface area contributed by atoms with Gasteiger partial charge in [0.25, 0.3) is 5.69 Å². The molecule has 1 N–H and O–H groups in total. The zero-order chi connectivity index (χ0) is 14.7. The molecule has 0 saturated carbocycles. The van der Waals surface area contributed by atoms with Gasteiger partial charge in [-0.3, -0.25) is 10.1 Å². The molecule has 0 bridgehead atoms. The minimum atomic E-state index is -0.416. The summed E-state index contributed by atoms with van der Waals surface area (Å²) in [7, 11) is 0. The number of benzene rings is 2. The van der Waals surface area contributed by atoms with Crippen LogP contribution in [0.25, 0.3) is 0 Å². The number of aryl methyl sites for hydroxylation is 2. The lowest BCUT2D eigenvalue weighted by atomic mass is 10.1. The summed E-state index contributed by atoms with van der Waals surface area (Å²) >= 11 is 0. The predicted octanol–water partition coefficient (Wildman–Crippen LogP) is 3.96. The van der Waals surface area contributed by atoms with Crippen molar-refractivity contribution in [1.29, 1.82) is 0 Å². The first-order chi connectivity index (χ1) is 9.47. The molecule has 0 aliphatic carbocycles. The Bertz CT molecular complexity index is 656. The number of hydrogen-bond acceptors (Lipinski definition) is 3. The molecule has 0 spiro atoms. The van der Waals surface area contributed by atoms with Gasteiger partial charge in [-0.2, -0.15) is 0 Å². The molecule has 2 rings (SSSR count). The number of anilines is 1. The number of nitro benzene ring substituents is 1. The highest BCUT2D eigenvalue weighted by atomic mass is 19.1. The van der Waals surface area contributed by atoms with Gasteiger partial charge in [0, 0.05) is 12.6 Å². The molecule has 0 fully saturated rings. The van der Waals surface area contributed by atoms with Crippen molar-refractivity contribution in [1.82, 2.24) is 0 Å². The van der Waals surface area contributed by atoms with Crippen molar-refractivity contribution in [2.45, 2.75) is 20.4 Å². The first kappa shape index (κ1) is 14.0. The average molecular weight is 274 g/mol. The smallest absolute Gasteiger partial charge is 0.292 e. The third-order valence-corrected chi connectivity index (χ3v) is 3.18. The summed E-state index contributed by atoms with van der Waals surface area (Å²) in [6.07, 6.45) is 0. The lowest BCUT2D eigenvalue weighted by molar-refractivity contribution is -0.384. The molecule has 0 amide bonds. The van der Waals surface area contributed by atoms with Gasteiger partial charge in [0.05, 0.1) is 4.92 Å². The molecule has 0 atom stereocenters. The lowest BCUT2D eigenvalue weighted by Crippen LogP contribution is -2.04. The molecular formula is C15H15FN2O2. The highest BCUT2D eigenvalue weighted by Crippen LogP contribution is 2.28. The molecule has 2 aromatic rings. The van der Waals surface area contributed by atoms with Crippen LogP contribution in [0.3, 0.4) is 0 Å². The predicted molar refractivity (Wildman–Crippen MR) is 76.3 cm³/mol. The molecule has 0 radical (unpaired) electrons. The summed E-state index contributed by atoms with van der Waals surface area (Å²) in [5.41, 5.74) is 3.05.